The summed E-state index contributed by atoms with van der Waals surface area (Å²) in [5, 5.41) is 0. The Hall–Kier alpha value is -1.98. The van der Waals surface area contributed by atoms with Gasteiger partial charge in [-0.3, -0.25) is 9.00 Å². The zero-order valence-corrected chi connectivity index (χ0v) is 15.2. The van der Waals surface area contributed by atoms with E-state index in [2.05, 4.69) is 0 Å². The second-order valence-corrected chi connectivity index (χ2v) is 7.05. The van der Waals surface area contributed by atoms with Gasteiger partial charge in [0.15, 0.2) is 6.10 Å². The van der Waals surface area contributed by atoms with E-state index in [1.807, 2.05) is 61.5 Å². The molecule has 24 heavy (non-hydrogen) atoms. The van der Waals surface area contributed by atoms with Crippen LogP contribution in [0.3, 0.4) is 0 Å². The maximum Gasteiger partial charge on any atom is 0.256 e. The normalized spacial score (nSPS) is 14.7. The van der Waals surface area contributed by atoms with E-state index in [-0.39, 0.29) is 11.9 Å². The summed E-state index contributed by atoms with van der Waals surface area (Å²) in [7, 11) is 2.31. The predicted molar refractivity (Wildman–Crippen MR) is 96.2 cm³/mol. The van der Waals surface area contributed by atoms with E-state index in [9.17, 15) is 9.00 Å². The van der Waals surface area contributed by atoms with Gasteiger partial charge in [-0.2, -0.15) is 0 Å². The van der Waals surface area contributed by atoms with Crippen LogP contribution < -0.4 is 0 Å². The van der Waals surface area contributed by atoms with Crippen LogP contribution in [-0.2, 0) is 20.3 Å². The summed E-state index contributed by atoms with van der Waals surface area (Å²) in [6.45, 7) is 1.97. The van der Waals surface area contributed by atoms with Crippen molar-refractivity contribution >= 4 is 16.7 Å². The number of hydrogen-bond donors (Lipinski definition) is 0. The molecule has 0 saturated heterocycles. The van der Waals surface area contributed by atoms with Gasteiger partial charge in [-0.15, -0.1) is 0 Å². The van der Waals surface area contributed by atoms with E-state index >= 15 is 0 Å². The summed E-state index contributed by atoms with van der Waals surface area (Å²) in [5.74, 6) is -0.0978. The van der Waals surface area contributed by atoms with E-state index in [1.165, 1.54) is 0 Å². The third kappa shape index (κ3) is 4.10. The number of carbonyl (C=O) groups is 1. The van der Waals surface area contributed by atoms with E-state index in [0.717, 1.165) is 16.0 Å². The summed E-state index contributed by atoms with van der Waals surface area (Å²) in [6, 6.07) is 16.8. The lowest BCUT2D eigenvalue weighted by atomic mass is 10.0. The molecule has 128 valence electrons. The van der Waals surface area contributed by atoms with Crippen LogP contribution in [0, 0.1) is 0 Å². The minimum absolute atomic E-state index is 0.0978. The zero-order valence-electron chi connectivity index (χ0n) is 14.4. The van der Waals surface area contributed by atoms with Crippen molar-refractivity contribution in [2.24, 2.45) is 0 Å². The molecule has 3 atom stereocenters. The average molecular weight is 345 g/mol. The number of benzene rings is 2. The standard InChI is InChI=1S/C19H23NO3S/c1-14(15-10-12-17(13-11-15)24(4)22)20(2)19(21)18(23-3)16-8-6-5-7-9-16/h5-14,18H,1-4H3/t14-,18+,24+/m1/s1. The van der Waals surface area contributed by atoms with E-state index in [1.54, 1.807) is 25.3 Å². The lowest BCUT2D eigenvalue weighted by Gasteiger charge is -2.29. The van der Waals surface area contributed by atoms with Gasteiger partial charge in [-0.1, -0.05) is 42.5 Å². The van der Waals surface area contributed by atoms with Crippen molar-refractivity contribution in [2.45, 2.75) is 24.0 Å². The van der Waals surface area contributed by atoms with Gasteiger partial charge in [-0.25, -0.2) is 0 Å². The summed E-state index contributed by atoms with van der Waals surface area (Å²) < 4.78 is 16.9. The van der Waals surface area contributed by atoms with Crippen molar-refractivity contribution in [3.05, 3.63) is 65.7 Å². The number of amides is 1. The van der Waals surface area contributed by atoms with Crippen LogP contribution >= 0.6 is 0 Å². The van der Waals surface area contributed by atoms with Crippen molar-refractivity contribution in [3.63, 3.8) is 0 Å². The summed E-state index contributed by atoms with van der Waals surface area (Å²) in [5.41, 5.74) is 1.82. The molecule has 0 bridgehead atoms. The van der Waals surface area contributed by atoms with Crippen LogP contribution in [0.25, 0.3) is 0 Å². The molecule has 0 aromatic heterocycles. The maximum absolute atomic E-state index is 12.8. The van der Waals surface area contributed by atoms with Gasteiger partial charge >= 0.3 is 0 Å². The fraction of sp³-hybridized carbons (Fsp3) is 0.316. The van der Waals surface area contributed by atoms with Gasteiger partial charge in [0.05, 0.1) is 6.04 Å². The minimum atomic E-state index is -1.00. The number of methoxy groups -OCH3 is 1. The smallest absolute Gasteiger partial charge is 0.256 e. The summed E-state index contributed by atoms with van der Waals surface area (Å²) in [4.78, 5) is 15.3. The minimum Gasteiger partial charge on any atom is -0.367 e. The summed E-state index contributed by atoms with van der Waals surface area (Å²) in [6.07, 6.45) is 1.03. The molecule has 0 aliphatic rings. The Labute approximate surface area is 145 Å². The highest BCUT2D eigenvalue weighted by Crippen LogP contribution is 2.25. The fourth-order valence-electron chi connectivity index (χ4n) is 2.54. The molecule has 2 rings (SSSR count). The highest BCUT2D eigenvalue weighted by molar-refractivity contribution is 7.84. The third-order valence-corrected chi connectivity index (χ3v) is 5.12. The quantitative estimate of drug-likeness (QED) is 0.807. The van der Waals surface area contributed by atoms with Gasteiger partial charge in [0, 0.05) is 36.1 Å². The first-order valence-corrected chi connectivity index (χ1v) is 9.29. The molecule has 4 nitrogen and oxygen atoms in total. The molecule has 0 unspecified atom stereocenters. The molecule has 0 saturated carbocycles. The van der Waals surface area contributed by atoms with E-state index in [4.69, 9.17) is 4.74 Å². The van der Waals surface area contributed by atoms with Crippen LogP contribution in [0.4, 0.5) is 0 Å². The van der Waals surface area contributed by atoms with E-state index in [0.29, 0.717) is 0 Å². The molecule has 0 aliphatic carbocycles. The molecule has 0 N–H and O–H groups in total. The van der Waals surface area contributed by atoms with Crippen LogP contribution in [0.2, 0.25) is 0 Å². The van der Waals surface area contributed by atoms with Crippen molar-refractivity contribution in [1.82, 2.24) is 4.90 Å². The van der Waals surface area contributed by atoms with Gasteiger partial charge < -0.3 is 9.64 Å². The Morgan fingerprint density at radius 1 is 1.04 bits per heavy atom. The Balaban J connectivity index is 2.18. The SMILES string of the molecule is CO[C@H](C(=O)N(C)[C@H](C)c1ccc([S@](C)=O)cc1)c1ccccc1. The Bertz CT molecular complexity index is 700. The lowest BCUT2D eigenvalue weighted by Crippen LogP contribution is -2.34. The first-order valence-electron chi connectivity index (χ1n) is 7.73. The predicted octanol–water partition coefficient (Wildman–Crippen LogP) is 3.33. The molecular formula is C19H23NO3S. The molecular weight excluding hydrogens is 322 g/mol. The molecule has 0 spiro atoms. The van der Waals surface area contributed by atoms with Crippen molar-refractivity contribution < 1.29 is 13.7 Å². The van der Waals surface area contributed by atoms with Crippen molar-refractivity contribution in [2.75, 3.05) is 20.4 Å². The number of nitrogens with zero attached hydrogens (tertiary/aromatic N) is 1. The first kappa shape index (κ1) is 18.4. The van der Waals surface area contributed by atoms with Crippen LogP contribution in [-0.4, -0.2) is 35.4 Å². The number of likely N-dealkylation sites (N-methyl/N-ethyl adjacent to an activating group) is 1. The third-order valence-electron chi connectivity index (χ3n) is 4.19. The highest BCUT2D eigenvalue weighted by Gasteiger charge is 2.26. The number of ether oxygens (including phenoxy) is 1. The molecule has 0 aliphatic heterocycles. The van der Waals surface area contributed by atoms with Gasteiger partial charge in [0.25, 0.3) is 5.91 Å². The Kier molecular flexibility index (Phi) is 6.29. The molecule has 1 amide bonds. The highest BCUT2D eigenvalue weighted by atomic mass is 32.2. The molecule has 0 radical (unpaired) electrons. The van der Waals surface area contributed by atoms with E-state index < -0.39 is 16.9 Å². The Morgan fingerprint density at radius 3 is 2.12 bits per heavy atom. The second kappa shape index (κ2) is 8.22. The molecule has 5 heteroatoms. The van der Waals surface area contributed by atoms with Crippen LogP contribution in [0.1, 0.15) is 30.2 Å². The number of carbonyl (C=O) groups excluding carboxylic acids is 1. The molecule has 2 aromatic rings. The molecule has 2 aromatic carbocycles. The topological polar surface area (TPSA) is 46.6 Å². The lowest BCUT2D eigenvalue weighted by molar-refractivity contribution is -0.143. The Morgan fingerprint density at radius 2 is 1.62 bits per heavy atom. The zero-order chi connectivity index (χ0) is 17.7. The molecule has 0 fully saturated rings. The number of rotatable bonds is 6. The largest absolute Gasteiger partial charge is 0.367 e. The van der Waals surface area contributed by atoms with Crippen molar-refractivity contribution in [3.8, 4) is 0 Å². The first-order chi connectivity index (χ1) is 11.5. The fourth-order valence-corrected chi connectivity index (χ4v) is 3.06. The average Bonchev–Trinajstić information content (AvgIpc) is 2.62. The van der Waals surface area contributed by atoms with Gasteiger partial charge in [-0.05, 0) is 30.2 Å². The van der Waals surface area contributed by atoms with Gasteiger partial charge in [0.1, 0.15) is 0 Å². The maximum atomic E-state index is 12.8. The second-order valence-electron chi connectivity index (χ2n) is 5.67. The molecule has 0 heterocycles. The monoisotopic (exact) mass is 345 g/mol. The van der Waals surface area contributed by atoms with Crippen LogP contribution in [0.15, 0.2) is 59.5 Å². The van der Waals surface area contributed by atoms with Crippen LogP contribution in [0.5, 0.6) is 0 Å². The number of hydrogen-bond acceptors (Lipinski definition) is 3. The van der Waals surface area contributed by atoms with Crippen molar-refractivity contribution in [1.29, 1.82) is 0 Å². The van der Waals surface area contributed by atoms with Gasteiger partial charge in [0.2, 0.25) is 0 Å². The summed E-state index contributed by atoms with van der Waals surface area (Å²) >= 11 is 0.